The summed E-state index contributed by atoms with van der Waals surface area (Å²) >= 11 is 3.33. The van der Waals surface area contributed by atoms with E-state index in [2.05, 4.69) is 31.6 Å². The molecule has 0 aliphatic heterocycles. The monoisotopic (exact) mass is 364 g/mol. The molecule has 0 atom stereocenters. The number of carbonyl (C=O) groups excluding carboxylic acids is 1. The second-order valence-electron chi connectivity index (χ2n) is 4.71. The van der Waals surface area contributed by atoms with Crippen LogP contribution in [0.25, 0.3) is 0 Å². The Morgan fingerprint density at radius 1 is 1.45 bits per heavy atom. The van der Waals surface area contributed by atoms with Crippen molar-refractivity contribution < 1.29 is 9.90 Å². The molecule has 22 heavy (non-hydrogen) atoms. The summed E-state index contributed by atoms with van der Waals surface area (Å²) in [5, 5.41) is 17.3. The van der Waals surface area contributed by atoms with E-state index in [4.69, 9.17) is 5.11 Å². The van der Waals surface area contributed by atoms with Crippen molar-refractivity contribution in [1.29, 1.82) is 0 Å². The summed E-state index contributed by atoms with van der Waals surface area (Å²) in [5.74, 6) is -0.290. The molecule has 6 nitrogen and oxygen atoms in total. The largest absolute Gasteiger partial charge is 0.394 e. The van der Waals surface area contributed by atoms with Crippen LogP contribution < -0.4 is 5.43 Å². The van der Waals surface area contributed by atoms with Gasteiger partial charge in [0.25, 0.3) is 5.91 Å². The van der Waals surface area contributed by atoms with Gasteiger partial charge in [0.15, 0.2) is 0 Å². The number of rotatable bonds is 5. The lowest BCUT2D eigenvalue weighted by Gasteiger charge is -2.02. The minimum atomic E-state index is -0.290. The minimum absolute atomic E-state index is 0.0251. The summed E-state index contributed by atoms with van der Waals surface area (Å²) in [4.78, 5) is 12.0. The van der Waals surface area contributed by atoms with Gasteiger partial charge in [-0.3, -0.25) is 9.48 Å². The third kappa shape index (κ3) is 3.61. The van der Waals surface area contributed by atoms with Crippen molar-refractivity contribution in [1.82, 2.24) is 15.2 Å². The quantitative estimate of drug-likeness (QED) is 0.629. The minimum Gasteiger partial charge on any atom is -0.394 e. The smallest absolute Gasteiger partial charge is 0.272 e. The molecule has 1 heterocycles. The van der Waals surface area contributed by atoms with Crippen LogP contribution in [0.5, 0.6) is 0 Å². The van der Waals surface area contributed by atoms with Crippen LogP contribution in [0.2, 0.25) is 0 Å². The topological polar surface area (TPSA) is 79.5 Å². The number of hydrogen-bond donors (Lipinski definition) is 2. The number of aliphatic hydroxyl groups excluding tert-OH is 1. The van der Waals surface area contributed by atoms with E-state index in [0.29, 0.717) is 16.6 Å². The highest BCUT2D eigenvalue weighted by molar-refractivity contribution is 9.10. The normalized spacial score (nSPS) is 11.1. The maximum Gasteiger partial charge on any atom is 0.272 e. The van der Waals surface area contributed by atoms with Gasteiger partial charge in [-0.1, -0.05) is 12.1 Å². The Bertz CT molecular complexity index is 710. The number of nitrogens with one attached hydrogen (secondary N) is 1. The summed E-state index contributed by atoms with van der Waals surface area (Å²) in [6, 6.07) is 7.14. The lowest BCUT2D eigenvalue weighted by molar-refractivity contribution is 0.0954. The zero-order chi connectivity index (χ0) is 16.1. The van der Waals surface area contributed by atoms with Gasteiger partial charge in [0, 0.05) is 15.7 Å². The fourth-order valence-corrected chi connectivity index (χ4v) is 2.54. The van der Waals surface area contributed by atoms with Gasteiger partial charge in [0.2, 0.25) is 0 Å². The van der Waals surface area contributed by atoms with Crippen LogP contribution in [0.4, 0.5) is 0 Å². The van der Waals surface area contributed by atoms with Crippen LogP contribution in [0, 0.1) is 13.8 Å². The van der Waals surface area contributed by atoms with E-state index < -0.39 is 0 Å². The first-order valence-electron chi connectivity index (χ1n) is 6.77. The van der Waals surface area contributed by atoms with Crippen LogP contribution in [0.15, 0.2) is 33.8 Å². The third-order valence-corrected chi connectivity index (χ3v) is 3.92. The number of aryl methyl sites for hydroxylation is 1. The number of nitrogens with zero attached hydrogens (tertiary/aromatic N) is 3. The molecule has 2 rings (SSSR count). The van der Waals surface area contributed by atoms with Crippen LogP contribution in [0.3, 0.4) is 0 Å². The first-order valence-corrected chi connectivity index (χ1v) is 7.56. The highest BCUT2D eigenvalue weighted by atomic mass is 79.9. The van der Waals surface area contributed by atoms with Crippen molar-refractivity contribution in [3.63, 3.8) is 0 Å². The number of halogens is 1. The number of hydrogen-bond acceptors (Lipinski definition) is 4. The molecule has 0 saturated carbocycles. The Labute approximate surface area is 137 Å². The van der Waals surface area contributed by atoms with E-state index in [9.17, 15) is 4.79 Å². The SMILES string of the molecule is Cc1nn(CCO)c(C)c1/C=N/NC(=O)c1ccccc1Br. The lowest BCUT2D eigenvalue weighted by Crippen LogP contribution is -2.18. The number of carbonyl (C=O) groups is 1. The Morgan fingerprint density at radius 2 is 2.18 bits per heavy atom. The number of aliphatic hydroxyl groups is 1. The Kier molecular flexibility index (Phi) is 5.46. The first kappa shape index (κ1) is 16.4. The van der Waals surface area contributed by atoms with Crippen molar-refractivity contribution in [2.45, 2.75) is 20.4 Å². The molecule has 2 N–H and O–H groups in total. The molecule has 116 valence electrons. The van der Waals surface area contributed by atoms with Crippen LogP contribution in [-0.2, 0) is 6.54 Å². The molecule has 7 heteroatoms. The Morgan fingerprint density at radius 3 is 2.86 bits per heavy atom. The second-order valence-corrected chi connectivity index (χ2v) is 5.56. The summed E-state index contributed by atoms with van der Waals surface area (Å²) in [5.41, 5.74) is 5.54. The summed E-state index contributed by atoms with van der Waals surface area (Å²) in [7, 11) is 0. The third-order valence-electron chi connectivity index (χ3n) is 3.23. The molecule has 1 amide bonds. The fraction of sp³-hybridized carbons (Fsp3) is 0.267. The molecule has 1 aromatic carbocycles. The maximum absolute atomic E-state index is 12.0. The number of hydrazone groups is 1. The average molecular weight is 365 g/mol. The lowest BCUT2D eigenvalue weighted by atomic mass is 10.2. The molecule has 0 spiro atoms. The first-order chi connectivity index (χ1) is 10.5. The van der Waals surface area contributed by atoms with Gasteiger partial charge in [0.05, 0.1) is 30.6 Å². The number of amides is 1. The average Bonchev–Trinajstić information content (AvgIpc) is 2.75. The van der Waals surface area contributed by atoms with Gasteiger partial charge >= 0.3 is 0 Å². The number of aromatic nitrogens is 2. The molecule has 1 aromatic heterocycles. The van der Waals surface area contributed by atoms with E-state index in [1.54, 1.807) is 29.1 Å². The molecule has 0 aliphatic rings. The molecule has 0 bridgehead atoms. The van der Waals surface area contributed by atoms with Crippen LogP contribution >= 0.6 is 15.9 Å². The molecule has 0 saturated heterocycles. The van der Waals surface area contributed by atoms with Gasteiger partial charge in [-0.2, -0.15) is 10.2 Å². The van der Waals surface area contributed by atoms with Gasteiger partial charge in [-0.05, 0) is 41.9 Å². The molecular weight excluding hydrogens is 348 g/mol. The van der Waals surface area contributed by atoms with Gasteiger partial charge in [0.1, 0.15) is 0 Å². The van der Waals surface area contributed by atoms with E-state index >= 15 is 0 Å². The van der Waals surface area contributed by atoms with Crippen molar-refractivity contribution >= 4 is 28.1 Å². The molecule has 0 aliphatic carbocycles. The Hall–Kier alpha value is -1.99. The fourth-order valence-electron chi connectivity index (χ4n) is 2.07. The highest BCUT2D eigenvalue weighted by Gasteiger charge is 2.10. The van der Waals surface area contributed by atoms with E-state index in [0.717, 1.165) is 17.0 Å². The van der Waals surface area contributed by atoms with E-state index in [1.807, 2.05) is 19.9 Å². The molecule has 0 unspecified atom stereocenters. The van der Waals surface area contributed by atoms with E-state index in [1.165, 1.54) is 0 Å². The van der Waals surface area contributed by atoms with Gasteiger partial charge < -0.3 is 5.11 Å². The van der Waals surface area contributed by atoms with Crippen LogP contribution in [-0.4, -0.2) is 33.6 Å². The second kappa shape index (κ2) is 7.33. The molecule has 0 fully saturated rings. The zero-order valence-corrected chi connectivity index (χ0v) is 14.0. The van der Waals surface area contributed by atoms with Crippen molar-refractivity contribution in [2.24, 2.45) is 5.10 Å². The van der Waals surface area contributed by atoms with Gasteiger partial charge in [-0.15, -0.1) is 0 Å². The predicted octanol–water partition coefficient (Wildman–Crippen LogP) is 2.02. The predicted molar refractivity (Wildman–Crippen MR) is 88.0 cm³/mol. The molecule has 2 aromatic rings. The molecular formula is C15H17BrN4O2. The summed E-state index contributed by atoms with van der Waals surface area (Å²) in [6.45, 7) is 4.21. The molecule has 0 radical (unpaired) electrons. The van der Waals surface area contributed by atoms with E-state index in [-0.39, 0.29) is 12.5 Å². The van der Waals surface area contributed by atoms with Gasteiger partial charge in [-0.25, -0.2) is 5.43 Å². The van der Waals surface area contributed by atoms with Crippen molar-refractivity contribution in [3.05, 3.63) is 51.3 Å². The summed E-state index contributed by atoms with van der Waals surface area (Å²) < 4.78 is 2.43. The zero-order valence-electron chi connectivity index (χ0n) is 12.4. The number of benzene rings is 1. The van der Waals surface area contributed by atoms with Crippen molar-refractivity contribution in [3.8, 4) is 0 Å². The summed E-state index contributed by atoms with van der Waals surface area (Å²) in [6.07, 6.45) is 1.57. The van der Waals surface area contributed by atoms with Crippen molar-refractivity contribution in [2.75, 3.05) is 6.61 Å². The maximum atomic E-state index is 12.0. The standard InChI is InChI=1S/C15H17BrN4O2/c1-10-13(11(2)20(19-10)7-8-21)9-17-18-15(22)12-5-3-4-6-14(12)16/h3-6,9,21H,7-8H2,1-2H3,(H,18,22)/b17-9+. The Balaban J connectivity index is 2.10. The van der Waals surface area contributed by atoms with Crippen LogP contribution in [0.1, 0.15) is 27.3 Å². The highest BCUT2D eigenvalue weighted by Crippen LogP contribution is 2.15.